The lowest BCUT2D eigenvalue weighted by atomic mass is 10.1. The van der Waals surface area contributed by atoms with Crippen LogP contribution in [0.1, 0.15) is 252 Å². The first-order valence-electron chi connectivity index (χ1n) is 35.8. The first kappa shape index (κ1) is 90.2. The average molecular weight is 1370 g/mol. The number of allylic oxidation sites excluding steroid dienone is 26. The molecule has 0 rings (SSSR count). The summed E-state index contributed by atoms with van der Waals surface area (Å²) in [6.07, 6.45) is 84.3. The molecule has 5 atom stereocenters. The van der Waals surface area contributed by atoms with E-state index in [0.29, 0.717) is 19.3 Å². The Hall–Kier alpha value is -4.83. The van der Waals surface area contributed by atoms with Crippen LogP contribution in [0.3, 0.4) is 0 Å². The predicted octanol–water partition coefficient (Wildman–Crippen LogP) is 20.3. The summed E-state index contributed by atoms with van der Waals surface area (Å²) in [5.41, 5.74) is 0. The highest BCUT2D eigenvalue weighted by Gasteiger charge is 2.29. The van der Waals surface area contributed by atoms with E-state index in [9.17, 15) is 43.5 Å². The first-order valence-corrected chi connectivity index (χ1v) is 38.8. The number of hydrogen-bond donors (Lipinski definition) is 4. The summed E-state index contributed by atoms with van der Waals surface area (Å²) >= 11 is 0. The standard InChI is InChI=1S/C77H126O16P2/c1-4-7-10-13-16-19-22-25-28-30-32-34-35-37-39-40-43-45-48-51-54-57-60-63-75(80)87-66-72(78)67-89-94(83,84)90-68-73(79)69-91-95(85,86)92-71-74(93-77(82)65-62-59-56-53-50-47-42-27-24-21-18-15-12-9-6-3)70-88-76(81)64-61-58-55-52-49-46-44-41-38-36-33-31-29-26-23-20-17-14-11-8-5-2/h7-8,10-11,16-21,25-29,32-34,36-37,39,41-45,72-74,78-79H,4-6,9,12-15,22-24,30-31,35,38,40,46-71H2,1-3H3,(H,83,84)(H,85,86)/b10-7-,11-8-,19-16-,20-17-,21-18-,28-25-,29-26-,34-32-,36-33-,39-37-,42-27-,44-41-,45-43-. The Morgan fingerprint density at radius 1 is 0.305 bits per heavy atom. The molecule has 0 heterocycles. The molecular weight excluding hydrogens is 1240 g/mol. The van der Waals surface area contributed by atoms with Crippen LogP contribution < -0.4 is 0 Å². The first-order chi connectivity index (χ1) is 46.2. The minimum atomic E-state index is -4.94. The van der Waals surface area contributed by atoms with Crippen molar-refractivity contribution in [3.05, 3.63) is 158 Å². The number of carbonyl (C=O) groups excluding carboxylic acids is 3. The molecular formula is C77H126O16P2. The van der Waals surface area contributed by atoms with Gasteiger partial charge in [-0.1, -0.05) is 243 Å². The Balaban J connectivity index is 4.72. The number of carbonyl (C=O) groups is 3. The maximum Gasteiger partial charge on any atom is 0.472 e. The molecule has 0 bridgehead atoms. The molecule has 0 fully saturated rings. The third-order valence-electron chi connectivity index (χ3n) is 14.2. The molecule has 0 amide bonds. The molecule has 18 heteroatoms. The van der Waals surface area contributed by atoms with E-state index in [0.717, 1.165) is 173 Å². The number of aliphatic hydroxyl groups is 2. The normalized spacial score (nSPS) is 15.1. The van der Waals surface area contributed by atoms with Gasteiger partial charge in [0.25, 0.3) is 0 Å². The fourth-order valence-corrected chi connectivity index (χ4v) is 10.4. The molecule has 0 aliphatic rings. The van der Waals surface area contributed by atoms with Crippen LogP contribution in [-0.2, 0) is 55.8 Å². The van der Waals surface area contributed by atoms with E-state index in [1.54, 1.807) is 0 Å². The van der Waals surface area contributed by atoms with E-state index in [4.69, 9.17) is 32.3 Å². The van der Waals surface area contributed by atoms with E-state index in [-0.39, 0.29) is 19.3 Å². The average Bonchev–Trinajstić information content (AvgIpc) is 1.93. The van der Waals surface area contributed by atoms with Crippen molar-refractivity contribution < 1.29 is 75.8 Å². The zero-order chi connectivity index (χ0) is 69.5. The van der Waals surface area contributed by atoms with Gasteiger partial charge < -0.3 is 34.2 Å². The van der Waals surface area contributed by atoms with Crippen LogP contribution in [0.4, 0.5) is 0 Å². The van der Waals surface area contributed by atoms with Crippen molar-refractivity contribution in [2.24, 2.45) is 0 Å². The Morgan fingerprint density at radius 3 is 0.884 bits per heavy atom. The number of phosphoric acid groups is 2. The molecule has 16 nitrogen and oxygen atoms in total. The summed E-state index contributed by atoms with van der Waals surface area (Å²) in [6.45, 7) is 2.32. The van der Waals surface area contributed by atoms with E-state index < -0.39 is 91.5 Å². The Kier molecular flexibility index (Phi) is 65.6. The van der Waals surface area contributed by atoms with Gasteiger partial charge in [0.05, 0.1) is 26.4 Å². The molecule has 0 saturated carbocycles. The van der Waals surface area contributed by atoms with Gasteiger partial charge in [-0.05, 0) is 148 Å². The lowest BCUT2D eigenvalue weighted by Crippen LogP contribution is -2.30. The monoisotopic (exact) mass is 1370 g/mol. The van der Waals surface area contributed by atoms with Crippen molar-refractivity contribution in [1.82, 2.24) is 0 Å². The largest absolute Gasteiger partial charge is 0.472 e. The SMILES string of the molecule is CC/C=C\C/C=C\C/C=C\C/C=C\C/C=C\C/C=C\CCCCCCC(=O)OCC(O)COP(=O)(O)OCC(O)COP(=O)(O)OCC(COC(=O)CCCCCCC/C=C\C/C=C\C/C=C\C/C=C\C/C=C\CC)OC(=O)CCCCCCC/C=C\C/C=C\CCCCC. The van der Waals surface area contributed by atoms with E-state index >= 15 is 0 Å². The van der Waals surface area contributed by atoms with Gasteiger partial charge >= 0.3 is 33.6 Å². The quantitative estimate of drug-likeness (QED) is 0.0146. The molecule has 0 saturated heterocycles. The van der Waals surface area contributed by atoms with Crippen molar-refractivity contribution in [1.29, 1.82) is 0 Å². The highest BCUT2D eigenvalue weighted by molar-refractivity contribution is 7.47. The molecule has 0 spiro atoms. The summed E-state index contributed by atoms with van der Waals surface area (Å²) in [7, 11) is -9.81. The predicted molar refractivity (Wildman–Crippen MR) is 389 cm³/mol. The molecule has 95 heavy (non-hydrogen) atoms. The highest BCUT2D eigenvalue weighted by Crippen LogP contribution is 2.45. The summed E-state index contributed by atoms with van der Waals surface area (Å²) < 4.78 is 60.9. The molecule has 0 aromatic carbocycles. The number of phosphoric ester groups is 2. The van der Waals surface area contributed by atoms with Gasteiger partial charge in [-0.25, -0.2) is 9.13 Å². The van der Waals surface area contributed by atoms with Gasteiger partial charge in [0.2, 0.25) is 0 Å². The van der Waals surface area contributed by atoms with Crippen molar-refractivity contribution in [3.63, 3.8) is 0 Å². The number of esters is 3. The minimum absolute atomic E-state index is 0.0778. The maximum absolute atomic E-state index is 12.9. The second-order valence-electron chi connectivity index (χ2n) is 23.3. The Labute approximate surface area is 574 Å². The molecule has 4 N–H and O–H groups in total. The number of hydrogen-bond acceptors (Lipinski definition) is 14. The molecule has 0 aromatic heterocycles. The van der Waals surface area contributed by atoms with Gasteiger partial charge in [-0.2, -0.15) is 0 Å². The van der Waals surface area contributed by atoms with Gasteiger partial charge in [0.15, 0.2) is 6.10 Å². The van der Waals surface area contributed by atoms with Crippen LogP contribution in [-0.4, -0.2) is 95.9 Å². The van der Waals surface area contributed by atoms with Crippen molar-refractivity contribution in [3.8, 4) is 0 Å². The topological polar surface area (TPSA) is 231 Å². The lowest BCUT2D eigenvalue weighted by Gasteiger charge is -2.21. The summed E-state index contributed by atoms with van der Waals surface area (Å²) in [6, 6.07) is 0. The number of unbranched alkanes of at least 4 members (excludes halogenated alkanes) is 17. The zero-order valence-electron chi connectivity index (χ0n) is 58.5. The van der Waals surface area contributed by atoms with Crippen LogP contribution in [0.15, 0.2) is 158 Å². The number of ether oxygens (including phenoxy) is 3. The van der Waals surface area contributed by atoms with Crippen LogP contribution in [0.2, 0.25) is 0 Å². The minimum Gasteiger partial charge on any atom is -0.463 e. The molecule has 0 radical (unpaired) electrons. The Bertz CT molecular complexity index is 2360. The molecule has 0 aliphatic carbocycles. The summed E-state index contributed by atoms with van der Waals surface area (Å²) in [5.74, 6) is -1.65. The van der Waals surface area contributed by atoms with Crippen LogP contribution in [0, 0.1) is 0 Å². The van der Waals surface area contributed by atoms with Gasteiger partial charge in [-0.3, -0.25) is 32.5 Å². The zero-order valence-corrected chi connectivity index (χ0v) is 60.3. The molecule has 540 valence electrons. The van der Waals surface area contributed by atoms with E-state index in [1.165, 1.54) is 19.3 Å². The fraction of sp³-hybridized carbons (Fsp3) is 0.623. The Morgan fingerprint density at radius 2 is 0.558 bits per heavy atom. The number of aliphatic hydroxyl groups excluding tert-OH is 2. The van der Waals surface area contributed by atoms with Gasteiger partial charge in [0.1, 0.15) is 25.4 Å². The smallest absolute Gasteiger partial charge is 0.463 e. The number of rotatable bonds is 66. The van der Waals surface area contributed by atoms with Crippen molar-refractivity contribution in [2.45, 2.75) is 270 Å². The third-order valence-corrected chi connectivity index (χ3v) is 16.1. The van der Waals surface area contributed by atoms with E-state index in [1.807, 2.05) is 0 Å². The summed E-state index contributed by atoms with van der Waals surface area (Å²) in [4.78, 5) is 58.5. The lowest BCUT2D eigenvalue weighted by molar-refractivity contribution is -0.161. The molecule has 0 aliphatic heterocycles. The van der Waals surface area contributed by atoms with E-state index in [2.05, 4.69) is 179 Å². The van der Waals surface area contributed by atoms with Crippen molar-refractivity contribution >= 4 is 33.6 Å². The van der Waals surface area contributed by atoms with Crippen LogP contribution in [0.5, 0.6) is 0 Å². The van der Waals surface area contributed by atoms with Gasteiger partial charge in [-0.15, -0.1) is 0 Å². The second-order valence-corrected chi connectivity index (χ2v) is 26.2. The third kappa shape index (κ3) is 70.3. The van der Waals surface area contributed by atoms with Crippen molar-refractivity contribution in [2.75, 3.05) is 39.6 Å². The summed E-state index contributed by atoms with van der Waals surface area (Å²) in [5, 5.41) is 20.6. The van der Waals surface area contributed by atoms with Crippen LogP contribution in [0.25, 0.3) is 0 Å². The van der Waals surface area contributed by atoms with Gasteiger partial charge in [0, 0.05) is 19.3 Å². The van der Waals surface area contributed by atoms with Crippen LogP contribution >= 0.6 is 15.6 Å². The molecule has 0 aromatic rings. The highest BCUT2D eigenvalue weighted by atomic mass is 31.2. The maximum atomic E-state index is 12.9. The fourth-order valence-electron chi connectivity index (χ4n) is 8.81. The second kappa shape index (κ2) is 69.1. The molecule has 5 unspecified atom stereocenters.